The second kappa shape index (κ2) is 8.24. The summed E-state index contributed by atoms with van der Waals surface area (Å²) in [5.74, 6) is -0.801. The van der Waals surface area contributed by atoms with E-state index >= 15 is 0 Å². The standard InChI is InChI=1S/C23H19FN4O2/c1-14-3-4-16(22-25-9-2-10-26-22)11-20(14)28-23(30)19-13-27-21(29)12-18(19)15-5-7-17(24)8-6-15/h2-11,13,18H,12H2,1H3,(H,27,29)(H,28,30). The van der Waals surface area contributed by atoms with Crippen molar-refractivity contribution in [1.82, 2.24) is 15.3 Å². The van der Waals surface area contributed by atoms with E-state index in [2.05, 4.69) is 20.6 Å². The SMILES string of the molecule is Cc1ccc(-c2ncccn2)cc1NC(=O)C1=CNC(=O)CC1c1ccc(F)cc1. The number of anilines is 1. The van der Waals surface area contributed by atoms with Crippen molar-refractivity contribution in [3.8, 4) is 11.4 Å². The van der Waals surface area contributed by atoms with Crippen molar-refractivity contribution in [2.75, 3.05) is 5.32 Å². The number of halogens is 1. The highest BCUT2D eigenvalue weighted by atomic mass is 19.1. The number of nitrogens with zero attached hydrogens (tertiary/aromatic N) is 2. The molecule has 0 saturated heterocycles. The molecule has 3 aromatic rings. The number of benzene rings is 2. The Hall–Kier alpha value is -3.87. The molecule has 4 rings (SSSR count). The van der Waals surface area contributed by atoms with Crippen LogP contribution in [0.15, 0.2) is 72.7 Å². The summed E-state index contributed by atoms with van der Waals surface area (Å²) in [5, 5.41) is 5.53. The zero-order valence-corrected chi connectivity index (χ0v) is 16.2. The number of carbonyl (C=O) groups is 2. The number of aryl methyl sites for hydroxylation is 1. The summed E-state index contributed by atoms with van der Waals surface area (Å²) in [6.07, 6.45) is 4.85. The second-order valence-corrected chi connectivity index (χ2v) is 7.03. The van der Waals surface area contributed by atoms with Crippen molar-refractivity contribution in [2.24, 2.45) is 0 Å². The molecular formula is C23H19FN4O2. The molecule has 1 aliphatic rings. The Morgan fingerprint density at radius 2 is 1.87 bits per heavy atom. The van der Waals surface area contributed by atoms with Crippen molar-refractivity contribution in [2.45, 2.75) is 19.3 Å². The third-order valence-corrected chi connectivity index (χ3v) is 5.00. The van der Waals surface area contributed by atoms with Crippen LogP contribution in [0.5, 0.6) is 0 Å². The van der Waals surface area contributed by atoms with E-state index in [9.17, 15) is 14.0 Å². The fourth-order valence-corrected chi connectivity index (χ4v) is 3.37. The largest absolute Gasteiger partial charge is 0.332 e. The van der Waals surface area contributed by atoms with Gasteiger partial charge in [0.1, 0.15) is 5.82 Å². The number of amides is 2. The molecule has 2 amide bonds. The highest BCUT2D eigenvalue weighted by Crippen LogP contribution is 2.32. The lowest BCUT2D eigenvalue weighted by Gasteiger charge is -2.24. The molecule has 6 nitrogen and oxygen atoms in total. The first-order valence-electron chi connectivity index (χ1n) is 9.45. The third kappa shape index (κ3) is 4.10. The van der Waals surface area contributed by atoms with Gasteiger partial charge in [-0.3, -0.25) is 9.59 Å². The number of hydrogen-bond acceptors (Lipinski definition) is 4. The van der Waals surface area contributed by atoms with Crippen LogP contribution >= 0.6 is 0 Å². The summed E-state index contributed by atoms with van der Waals surface area (Å²) in [5.41, 5.74) is 3.39. The lowest BCUT2D eigenvalue weighted by molar-refractivity contribution is -0.121. The van der Waals surface area contributed by atoms with E-state index in [4.69, 9.17) is 0 Å². The van der Waals surface area contributed by atoms with E-state index in [1.807, 2.05) is 25.1 Å². The van der Waals surface area contributed by atoms with Crippen molar-refractivity contribution in [3.05, 3.63) is 89.6 Å². The minimum absolute atomic E-state index is 0.113. The molecule has 1 aliphatic heterocycles. The first kappa shape index (κ1) is 19.4. The summed E-state index contributed by atoms with van der Waals surface area (Å²) < 4.78 is 13.3. The molecule has 1 aromatic heterocycles. The highest BCUT2D eigenvalue weighted by molar-refractivity contribution is 6.07. The van der Waals surface area contributed by atoms with Crippen molar-refractivity contribution < 1.29 is 14.0 Å². The van der Waals surface area contributed by atoms with Gasteiger partial charge >= 0.3 is 0 Å². The minimum Gasteiger partial charge on any atom is -0.332 e. The predicted octanol–water partition coefficient (Wildman–Crippen LogP) is 3.72. The Kier molecular flexibility index (Phi) is 5.34. The average Bonchev–Trinajstić information content (AvgIpc) is 2.76. The maximum absolute atomic E-state index is 13.3. The molecule has 1 atom stereocenters. The molecule has 2 heterocycles. The van der Waals surface area contributed by atoms with E-state index in [-0.39, 0.29) is 24.1 Å². The molecule has 0 aliphatic carbocycles. The molecule has 0 bridgehead atoms. The normalized spacial score (nSPS) is 15.9. The Balaban J connectivity index is 1.62. The topological polar surface area (TPSA) is 84.0 Å². The van der Waals surface area contributed by atoms with Gasteiger partial charge in [0, 0.05) is 47.8 Å². The van der Waals surface area contributed by atoms with E-state index in [0.717, 1.165) is 11.1 Å². The van der Waals surface area contributed by atoms with Crippen LogP contribution in [0.4, 0.5) is 10.1 Å². The van der Waals surface area contributed by atoms with Crippen LogP contribution in [0.1, 0.15) is 23.5 Å². The van der Waals surface area contributed by atoms with Gasteiger partial charge in [-0.15, -0.1) is 0 Å². The minimum atomic E-state index is -0.458. The van der Waals surface area contributed by atoms with E-state index < -0.39 is 5.92 Å². The van der Waals surface area contributed by atoms with Gasteiger partial charge in [0.25, 0.3) is 5.91 Å². The van der Waals surface area contributed by atoms with Crippen LogP contribution in [0, 0.1) is 12.7 Å². The summed E-state index contributed by atoms with van der Waals surface area (Å²) in [6.45, 7) is 1.89. The molecule has 2 N–H and O–H groups in total. The van der Waals surface area contributed by atoms with Crippen LogP contribution in [0.2, 0.25) is 0 Å². The fraction of sp³-hybridized carbons (Fsp3) is 0.130. The van der Waals surface area contributed by atoms with Gasteiger partial charge < -0.3 is 10.6 Å². The van der Waals surface area contributed by atoms with E-state index in [1.54, 1.807) is 30.6 Å². The smallest absolute Gasteiger partial charge is 0.253 e. The Labute approximate surface area is 172 Å². The van der Waals surface area contributed by atoms with Gasteiger partial charge in [-0.25, -0.2) is 14.4 Å². The van der Waals surface area contributed by atoms with Crippen LogP contribution in [0.25, 0.3) is 11.4 Å². The second-order valence-electron chi connectivity index (χ2n) is 7.03. The monoisotopic (exact) mass is 402 g/mol. The zero-order valence-electron chi connectivity index (χ0n) is 16.2. The Morgan fingerprint density at radius 3 is 2.60 bits per heavy atom. The van der Waals surface area contributed by atoms with Gasteiger partial charge in [-0.05, 0) is 42.3 Å². The third-order valence-electron chi connectivity index (χ3n) is 5.00. The lowest BCUT2D eigenvalue weighted by atomic mass is 9.86. The number of nitrogens with one attached hydrogen (secondary N) is 2. The number of carbonyl (C=O) groups excluding carboxylic acids is 2. The van der Waals surface area contributed by atoms with Crippen molar-refractivity contribution in [1.29, 1.82) is 0 Å². The first-order valence-corrected chi connectivity index (χ1v) is 9.45. The van der Waals surface area contributed by atoms with Gasteiger partial charge in [-0.2, -0.15) is 0 Å². The molecule has 30 heavy (non-hydrogen) atoms. The van der Waals surface area contributed by atoms with E-state index in [0.29, 0.717) is 22.6 Å². The van der Waals surface area contributed by atoms with E-state index in [1.165, 1.54) is 18.3 Å². The van der Waals surface area contributed by atoms with Crippen LogP contribution in [-0.4, -0.2) is 21.8 Å². The van der Waals surface area contributed by atoms with Gasteiger partial charge in [0.05, 0.1) is 0 Å². The fourth-order valence-electron chi connectivity index (χ4n) is 3.37. The molecular weight excluding hydrogens is 383 g/mol. The predicted molar refractivity (Wildman–Crippen MR) is 111 cm³/mol. The maximum atomic E-state index is 13.3. The molecule has 0 saturated carbocycles. The van der Waals surface area contributed by atoms with Crippen LogP contribution < -0.4 is 10.6 Å². The summed E-state index contributed by atoms with van der Waals surface area (Å²) in [7, 11) is 0. The highest BCUT2D eigenvalue weighted by Gasteiger charge is 2.29. The number of rotatable bonds is 4. The lowest BCUT2D eigenvalue weighted by Crippen LogP contribution is -2.32. The molecule has 0 spiro atoms. The zero-order chi connectivity index (χ0) is 21.1. The summed E-state index contributed by atoms with van der Waals surface area (Å²) >= 11 is 0. The van der Waals surface area contributed by atoms with Gasteiger partial charge in [0.2, 0.25) is 5.91 Å². The summed E-state index contributed by atoms with van der Waals surface area (Å²) in [6, 6.07) is 13.2. The van der Waals surface area contributed by atoms with Gasteiger partial charge in [0.15, 0.2) is 5.82 Å². The molecule has 0 radical (unpaired) electrons. The quantitative estimate of drug-likeness (QED) is 0.697. The van der Waals surface area contributed by atoms with Gasteiger partial charge in [-0.1, -0.05) is 24.3 Å². The van der Waals surface area contributed by atoms with Crippen LogP contribution in [-0.2, 0) is 9.59 Å². The molecule has 2 aromatic carbocycles. The Bertz CT molecular complexity index is 1130. The number of hydrogen-bond donors (Lipinski definition) is 2. The van der Waals surface area contributed by atoms with Crippen molar-refractivity contribution >= 4 is 17.5 Å². The molecule has 0 fully saturated rings. The van der Waals surface area contributed by atoms with Crippen molar-refractivity contribution in [3.63, 3.8) is 0 Å². The Morgan fingerprint density at radius 1 is 1.13 bits per heavy atom. The summed E-state index contributed by atoms with van der Waals surface area (Å²) in [4.78, 5) is 33.5. The number of aromatic nitrogens is 2. The molecule has 1 unspecified atom stereocenters. The average molecular weight is 402 g/mol. The van der Waals surface area contributed by atoms with Crippen LogP contribution in [0.3, 0.4) is 0 Å². The first-order chi connectivity index (χ1) is 14.5. The molecule has 150 valence electrons. The maximum Gasteiger partial charge on any atom is 0.253 e. The molecule has 7 heteroatoms.